The van der Waals surface area contributed by atoms with Gasteiger partial charge in [0.25, 0.3) is 0 Å². The molecule has 1 aromatic rings. The second kappa shape index (κ2) is 9.14. The van der Waals surface area contributed by atoms with Crippen LogP contribution < -0.4 is 15.0 Å². The monoisotopic (exact) mass is 320 g/mol. The first-order valence-electron chi connectivity index (χ1n) is 9.09. The number of hydrogen-bond acceptors (Lipinski definition) is 4. The number of anilines is 1. The third kappa shape index (κ3) is 4.39. The zero-order valence-electron chi connectivity index (χ0n) is 15.2. The van der Waals surface area contributed by atoms with Crippen LogP contribution in [0, 0.1) is 0 Å². The molecule has 0 saturated carbocycles. The number of methoxy groups -OCH3 is 1. The minimum absolute atomic E-state index is 0.288. The molecule has 0 fully saturated rings. The van der Waals surface area contributed by atoms with Crippen LogP contribution in [0.25, 0.3) is 0 Å². The van der Waals surface area contributed by atoms with Crippen LogP contribution in [0.1, 0.15) is 38.3 Å². The zero-order chi connectivity index (χ0) is 16.7. The van der Waals surface area contributed by atoms with Gasteiger partial charge < -0.3 is 19.7 Å². The van der Waals surface area contributed by atoms with Gasteiger partial charge in [-0.25, -0.2) is 0 Å². The topological polar surface area (TPSA) is 33.7 Å². The lowest BCUT2D eigenvalue weighted by molar-refractivity contribution is 0.174. The predicted octanol–water partition coefficient (Wildman–Crippen LogP) is 3.02. The summed E-state index contributed by atoms with van der Waals surface area (Å²) in [7, 11) is 1.77. The van der Waals surface area contributed by atoms with Crippen molar-refractivity contribution in [3.05, 3.63) is 23.3 Å². The van der Waals surface area contributed by atoms with Crippen LogP contribution in [0.3, 0.4) is 0 Å². The van der Waals surface area contributed by atoms with Crippen molar-refractivity contribution in [1.29, 1.82) is 0 Å². The van der Waals surface area contributed by atoms with Gasteiger partial charge in [0.05, 0.1) is 18.8 Å². The van der Waals surface area contributed by atoms with Gasteiger partial charge in [0, 0.05) is 13.7 Å². The fourth-order valence-corrected chi connectivity index (χ4v) is 3.22. The molecule has 3 rings (SSSR count). The molecule has 0 radical (unpaired) electrons. The molecule has 0 saturated heterocycles. The minimum Gasteiger partial charge on any atom is -0.486 e. The highest BCUT2D eigenvalue weighted by Gasteiger charge is 2.26. The first kappa shape index (κ1) is 18.1. The Balaban J connectivity index is 0.000000924. The van der Waals surface area contributed by atoms with Gasteiger partial charge in [-0.2, -0.15) is 0 Å². The number of ether oxygens (including phenoxy) is 2. The predicted molar refractivity (Wildman–Crippen MR) is 96.9 cm³/mol. The fourth-order valence-electron chi connectivity index (χ4n) is 3.22. The molecule has 2 heterocycles. The van der Waals surface area contributed by atoms with Crippen LogP contribution >= 0.6 is 0 Å². The average molecular weight is 320 g/mol. The molecule has 2 aliphatic heterocycles. The van der Waals surface area contributed by atoms with Gasteiger partial charge in [0.2, 0.25) is 0 Å². The van der Waals surface area contributed by atoms with Crippen molar-refractivity contribution in [1.82, 2.24) is 5.32 Å². The first-order valence-corrected chi connectivity index (χ1v) is 9.09. The van der Waals surface area contributed by atoms with Crippen LogP contribution in [-0.4, -0.2) is 46.0 Å². The van der Waals surface area contributed by atoms with Crippen LogP contribution in [-0.2, 0) is 17.6 Å². The van der Waals surface area contributed by atoms with Crippen molar-refractivity contribution in [3.63, 3.8) is 0 Å². The largest absolute Gasteiger partial charge is 0.486 e. The summed E-state index contributed by atoms with van der Waals surface area (Å²) in [5, 5.41) is 3.48. The third-order valence-electron chi connectivity index (χ3n) is 4.50. The Morgan fingerprint density at radius 1 is 1.22 bits per heavy atom. The van der Waals surface area contributed by atoms with Crippen molar-refractivity contribution in [2.75, 3.05) is 44.8 Å². The Morgan fingerprint density at radius 2 is 1.91 bits per heavy atom. The first-order chi connectivity index (χ1) is 11.3. The Bertz CT molecular complexity index is 491. The molecule has 0 aromatic heterocycles. The summed E-state index contributed by atoms with van der Waals surface area (Å²) in [5.74, 6) is 1.06. The van der Waals surface area contributed by atoms with Gasteiger partial charge in [-0.15, -0.1) is 0 Å². The quantitative estimate of drug-likeness (QED) is 0.924. The van der Waals surface area contributed by atoms with E-state index in [-0.39, 0.29) is 6.10 Å². The Labute approximate surface area is 141 Å². The zero-order valence-corrected chi connectivity index (χ0v) is 15.2. The Hall–Kier alpha value is -1.26. The van der Waals surface area contributed by atoms with E-state index in [1.165, 1.54) is 16.8 Å². The number of hydrogen-bond donors (Lipinski definition) is 1. The Morgan fingerprint density at radius 3 is 2.57 bits per heavy atom. The maximum atomic E-state index is 6.20. The molecule has 0 aliphatic carbocycles. The summed E-state index contributed by atoms with van der Waals surface area (Å²) in [6.45, 7) is 11.0. The molecule has 0 bridgehead atoms. The maximum absolute atomic E-state index is 6.20. The van der Waals surface area contributed by atoms with E-state index in [2.05, 4.69) is 29.3 Å². The number of fused-ring (bicyclic) bond motifs is 2. The number of benzene rings is 1. The molecule has 1 aromatic carbocycles. The molecule has 4 heteroatoms. The second-order valence-electron chi connectivity index (χ2n) is 5.93. The second-order valence-corrected chi connectivity index (χ2v) is 5.93. The molecule has 130 valence electrons. The maximum Gasteiger partial charge on any atom is 0.143 e. The summed E-state index contributed by atoms with van der Waals surface area (Å²) < 4.78 is 11.5. The van der Waals surface area contributed by atoms with Gasteiger partial charge >= 0.3 is 0 Å². The van der Waals surface area contributed by atoms with Gasteiger partial charge in [-0.05, 0) is 55.6 Å². The lowest BCUT2D eigenvalue weighted by Crippen LogP contribution is -2.41. The molecule has 0 amide bonds. The van der Waals surface area contributed by atoms with Crippen LogP contribution in [0.2, 0.25) is 0 Å². The average Bonchev–Trinajstić information content (AvgIpc) is 2.84. The normalized spacial score (nSPS) is 19.7. The summed E-state index contributed by atoms with van der Waals surface area (Å²) in [4.78, 5) is 2.43. The van der Waals surface area contributed by atoms with E-state index in [1.54, 1.807) is 7.11 Å². The van der Waals surface area contributed by atoms with E-state index in [0.717, 1.165) is 57.8 Å². The highest BCUT2D eigenvalue weighted by Crippen LogP contribution is 2.37. The van der Waals surface area contributed by atoms with Crippen molar-refractivity contribution in [3.8, 4) is 5.75 Å². The van der Waals surface area contributed by atoms with Crippen molar-refractivity contribution in [2.45, 2.75) is 46.1 Å². The lowest BCUT2D eigenvalue weighted by Gasteiger charge is -2.36. The number of nitrogens with one attached hydrogen (secondary N) is 1. The van der Waals surface area contributed by atoms with Gasteiger partial charge in [0.1, 0.15) is 11.9 Å². The van der Waals surface area contributed by atoms with Crippen LogP contribution in [0.5, 0.6) is 5.75 Å². The molecule has 0 spiro atoms. The van der Waals surface area contributed by atoms with Gasteiger partial charge in [-0.3, -0.25) is 0 Å². The minimum atomic E-state index is 0.288. The standard InChI is InChI=1S/C17H26N2O2.C2H6/c1-3-15-12-19(8-9-20-2)16-10-13-4-6-18-7-5-14(13)11-17(16)21-15;1-2/h10-11,15,18H,3-9,12H2,1-2H3;1-2H3. The fraction of sp³-hybridized carbons (Fsp3) is 0.684. The van der Waals surface area contributed by atoms with Crippen LogP contribution in [0.4, 0.5) is 5.69 Å². The van der Waals surface area contributed by atoms with Crippen molar-refractivity contribution in [2.24, 2.45) is 0 Å². The van der Waals surface area contributed by atoms with E-state index < -0.39 is 0 Å². The summed E-state index contributed by atoms with van der Waals surface area (Å²) >= 11 is 0. The molecular weight excluding hydrogens is 288 g/mol. The summed E-state index contributed by atoms with van der Waals surface area (Å²) in [6, 6.07) is 4.62. The van der Waals surface area contributed by atoms with Crippen molar-refractivity contribution >= 4 is 5.69 Å². The van der Waals surface area contributed by atoms with E-state index in [9.17, 15) is 0 Å². The highest BCUT2D eigenvalue weighted by molar-refractivity contribution is 5.64. The molecule has 1 unspecified atom stereocenters. The molecule has 1 atom stereocenters. The lowest BCUT2D eigenvalue weighted by atomic mass is 9.99. The van der Waals surface area contributed by atoms with Crippen molar-refractivity contribution < 1.29 is 9.47 Å². The van der Waals surface area contributed by atoms with Crippen LogP contribution in [0.15, 0.2) is 12.1 Å². The molecule has 1 N–H and O–H groups in total. The van der Waals surface area contributed by atoms with E-state index in [4.69, 9.17) is 9.47 Å². The highest BCUT2D eigenvalue weighted by atomic mass is 16.5. The molecule has 2 aliphatic rings. The number of nitrogens with zero attached hydrogens (tertiary/aromatic N) is 1. The summed E-state index contributed by atoms with van der Waals surface area (Å²) in [5.41, 5.74) is 4.17. The van der Waals surface area contributed by atoms with Gasteiger partial charge in [-0.1, -0.05) is 20.8 Å². The SMILES string of the molecule is CC.CCC1CN(CCOC)c2cc3c(cc2O1)CCNCC3. The molecule has 23 heavy (non-hydrogen) atoms. The third-order valence-corrected chi connectivity index (χ3v) is 4.50. The Kier molecular flexibility index (Phi) is 7.18. The number of rotatable bonds is 4. The van der Waals surface area contributed by atoms with E-state index in [1.807, 2.05) is 13.8 Å². The molecular formula is C19H32N2O2. The van der Waals surface area contributed by atoms with Gasteiger partial charge in [0.15, 0.2) is 0 Å². The summed E-state index contributed by atoms with van der Waals surface area (Å²) in [6.07, 6.45) is 3.54. The van der Waals surface area contributed by atoms with E-state index >= 15 is 0 Å². The molecule has 4 nitrogen and oxygen atoms in total. The smallest absolute Gasteiger partial charge is 0.143 e. The van der Waals surface area contributed by atoms with E-state index in [0.29, 0.717) is 0 Å².